The Kier molecular flexibility index (Phi) is 6.00. The number of hydrogen-bond acceptors (Lipinski definition) is 2. The number of ether oxygens (including phenoxy) is 1. The minimum atomic E-state index is -0.119. The fraction of sp³-hybridized carbons (Fsp3) is 0.650. The summed E-state index contributed by atoms with van der Waals surface area (Å²) in [6.45, 7) is 1.53. The molecule has 0 spiro atoms. The van der Waals surface area contributed by atoms with Crippen LogP contribution in [0.1, 0.15) is 69.8 Å². The van der Waals surface area contributed by atoms with Crippen molar-refractivity contribution in [2.75, 3.05) is 0 Å². The molecule has 126 valence electrons. The molecule has 3 rings (SSSR count). The number of rotatable bonds is 3. The van der Waals surface area contributed by atoms with Crippen molar-refractivity contribution in [3.63, 3.8) is 0 Å². The zero-order valence-corrected chi connectivity index (χ0v) is 16.1. The van der Waals surface area contributed by atoms with Crippen LogP contribution in [-0.2, 0) is 9.53 Å². The van der Waals surface area contributed by atoms with Crippen molar-refractivity contribution in [3.8, 4) is 0 Å². The van der Waals surface area contributed by atoms with Crippen LogP contribution in [0.15, 0.2) is 24.3 Å². The van der Waals surface area contributed by atoms with Gasteiger partial charge in [-0.25, -0.2) is 0 Å². The van der Waals surface area contributed by atoms with Crippen molar-refractivity contribution >= 4 is 28.6 Å². The highest BCUT2D eigenvalue weighted by Crippen LogP contribution is 2.43. The van der Waals surface area contributed by atoms with Gasteiger partial charge < -0.3 is 4.74 Å². The van der Waals surface area contributed by atoms with E-state index in [9.17, 15) is 4.79 Å². The molecule has 0 aliphatic heterocycles. The SMILES string of the molecule is CC(=O)OC1CCC(C2CCC(c3ccc(I)cc3)CC2)CC1. The van der Waals surface area contributed by atoms with Crippen LogP contribution < -0.4 is 0 Å². The van der Waals surface area contributed by atoms with E-state index in [4.69, 9.17) is 4.74 Å². The molecule has 0 radical (unpaired) electrons. The standard InChI is InChI=1S/C20H27IO2/c1-14(22)23-20-12-8-18(9-13-20)16-4-2-15(3-5-16)17-6-10-19(21)11-7-17/h6-7,10-11,15-16,18,20H,2-5,8-9,12-13H2,1H3. The van der Waals surface area contributed by atoms with E-state index in [2.05, 4.69) is 46.9 Å². The van der Waals surface area contributed by atoms with Crippen LogP contribution in [0.4, 0.5) is 0 Å². The van der Waals surface area contributed by atoms with Crippen molar-refractivity contribution in [1.82, 2.24) is 0 Å². The average molecular weight is 426 g/mol. The summed E-state index contributed by atoms with van der Waals surface area (Å²) in [6, 6.07) is 9.10. The summed E-state index contributed by atoms with van der Waals surface area (Å²) in [5.41, 5.74) is 1.53. The van der Waals surface area contributed by atoms with E-state index in [-0.39, 0.29) is 12.1 Å². The minimum Gasteiger partial charge on any atom is -0.463 e. The third kappa shape index (κ3) is 4.71. The lowest BCUT2D eigenvalue weighted by Crippen LogP contribution is -2.29. The fourth-order valence-corrected chi connectivity index (χ4v) is 4.93. The lowest BCUT2D eigenvalue weighted by atomic mass is 9.69. The van der Waals surface area contributed by atoms with Crippen LogP contribution in [-0.4, -0.2) is 12.1 Å². The van der Waals surface area contributed by atoms with Gasteiger partial charge in [-0.2, -0.15) is 0 Å². The topological polar surface area (TPSA) is 26.3 Å². The number of carbonyl (C=O) groups is 1. The largest absolute Gasteiger partial charge is 0.463 e. The summed E-state index contributed by atoms with van der Waals surface area (Å²) >= 11 is 2.38. The Morgan fingerprint density at radius 1 is 0.913 bits per heavy atom. The molecule has 0 bridgehead atoms. The lowest BCUT2D eigenvalue weighted by Gasteiger charge is -2.37. The molecule has 2 nitrogen and oxygen atoms in total. The molecule has 2 aliphatic carbocycles. The van der Waals surface area contributed by atoms with Crippen molar-refractivity contribution < 1.29 is 9.53 Å². The number of carbonyl (C=O) groups excluding carboxylic acids is 1. The van der Waals surface area contributed by atoms with Crippen LogP contribution in [0.25, 0.3) is 0 Å². The molecule has 2 aliphatic rings. The second-order valence-electron chi connectivity index (χ2n) is 7.31. The van der Waals surface area contributed by atoms with Gasteiger partial charge in [0.25, 0.3) is 0 Å². The van der Waals surface area contributed by atoms with Gasteiger partial charge in [0.15, 0.2) is 0 Å². The zero-order valence-electron chi connectivity index (χ0n) is 14.0. The molecule has 23 heavy (non-hydrogen) atoms. The van der Waals surface area contributed by atoms with Crippen LogP contribution in [0.3, 0.4) is 0 Å². The maximum Gasteiger partial charge on any atom is 0.302 e. The van der Waals surface area contributed by atoms with Crippen LogP contribution >= 0.6 is 22.6 Å². The maximum atomic E-state index is 11.1. The third-order valence-corrected chi connectivity index (χ3v) is 6.55. The van der Waals surface area contributed by atoms with E-state index in [1.54, 1.807) is 0 Å². The van der Waals surface area contributed by atoms with E-state index >= 15 is 0 Å². The predicted molar refractivity (Wildman–Crippen MR) is 101 cm³/mol. The van der Waals surface area contributed by atoms with Gasteiger partial charge in [-0.05, 0) is 109 Å². The summed E-state index contributed by atoms with van der Waals surface area (Å²) in [7, 11) is 0. The second-order valence-corrected chi connectivity index (χ2v) is 8.56. The molecule has 0 heterocycles. The predicted octanol–water partition coefficient (Wildman–Crippen LogP) is 5.69. The summed E-state index contributed by atoms with van der Waals surface area (Å²) in [5, 5.41) is 0. The Labute approximate surface area is 153 Å². The zero-order chi connectivity index (χ0) is 16.2. The molecule has 2 fully saturated rings. The van der Waals surface area contributed by atoms with Gasteiger partial charge in [0.1, 0.15) is 6.10 Å². The smallest absolute Gasteiger partial charge is 0.302 e. The van der Waals surface area contributed by atoms with Crippen molar-refractivity contribution in [2.24, 2.45) is 11.8 Å². The normalized spacial score (nSPS) is 31.6. The van der Waals surface area contributed by atoms with Crippen molar-refractivity contribution in [1.29, 1.82) is 0 Å². The molecule has 1 aromatic rings. The molecule has 0 amide bonds. The molecular formula is C20H27IO2. The van der Waals surface area contributed by atoms with Crippen molar-refractivity contribution in [3.05, 3.63) is 33.4 Å². The van der Waals surface area contributed by atoms with Crippen molar-refractivity contribution in [2.45, 2.75) is 70.3 Å². The van der Waals surface area contributed by atoms with Gasteiger partial charge in [-0.15, -0.1) is 0 Å². The molecule has 3 heteroatoms. The molecule has 0 N–H and O–H groups in total. The molecule has 2 saturated carbocycles. The Morgan fingerprint density at radius 2 is 1.43 bits per heavy atom. The lowest BCUT2D eigenvalue weighted by molar-refractivity contribution is -0.148. The molecular weight excluding hydrogens is 399 g/mol. The molecule has 0 saturated heterocycles. The average Bonchev–Trinajstić information content (AvgIpc) is 2.56. The molecule has 0 atom stereocenters. The summed E-state index contributed by atoms with van der Waals surface area (Å²) in [5.74, 6) is 2.40. The van der Waals surface area contributed by atoms with Crippen LogP contribution in [0.2, 0.25) is 0 Å². The van der Waals surface area contributed by atoms with Gasteiger partial charge in [0.05, 0.1) is 0 Å². The Hall–Kier alpha value is -0.580. The highest BCUT2D eigenvalue weighted by molar-refractivity contribution is 14.1. The molecule has 1 aromatic carbocycles. The van der Waals surface area contributed by atoms with Gasteiger partial charge in [0.2, 0.25) is 0 Å². The quantitative estimate of drug-likeness (QED) is 0.459. The highest BCUT2D eigenvalue weighted by Gasteiger charge is 2.31. The number of esters is 1. The van der Waals surface area contributed by atoms with Gasteiger partial charge >= 0.3 is 5.97 Å². The summed E-state index contributed by atoms with van der Waals surface area (Å²) < 4.78 is 6.70. The van der Waals surface area contributed by atoms with Crippen LogP contribution in [0.5, 0.6) is 0 Å². The fourth-order valence-electron chi connectivity index (χ4n) is 4.57. The monoisotopic (exact) mass is 426 g/mol. The number of halogens is 1. The number of benzene rings is 1. The van der Waals surface area contributed by atoms with Crippen LogP contribution in [0, 0.1) is 15.4 Å². The van der Waals surface area contributed by atoms with E-state index < -0.39 is 0 Å². The maximum absolute atomic E-state index is 11.1. The second kappa shape index (κ2) is 8.00. The van der Waals surface area contributed by atoms with Gasteiger partial charge in [0, 0.05) is 10.5 Å². The third-order valence-electron chi connectivity index (χ3n) is 5.83. The summed E-state index contributed by atoms with van der Waals surface area (Å²) in [6.07, 6.45) is 10.3. The van der Waals surface area contributed by atoms with E-state index in [0.717, 1.165) is 30.6 Å². The Bertz CT molecular complexity index is 509. The first-order chi connectivity index (χ1) is 11.1. The Balaban J connectivity index is 1.46. The highest BCUT2D eigenvalue weighted by atomic mass is 127. The van der Waals surface area contributed by atoms with E-state index in [1.165, 1.54) is 54.6 Å². The van der Waals surface area contributed by atoms with Gasteiger partial charge in [-0.3, -0.25) is 4.79 Å². The summed E-state index contributed by atoms with van der Waals surface area (Å²) in [4.78, 5) is 11.1. The molecule has 0 unspecified atom stereocenters. The minimum absolute atomic E-state index is 0.119. The molecule has 0 aromatic heterocycles. The first-order valence-corrected chi connectivity index (χ1v) is 10.1. The van der Waals surface area contributed by atoms with E-state index in [1.807, 2.05) is 0 Å². The Morgan fingerprint density at radius 3 is 1.96 bits per heavy atom. The van der Waals surface area contributed by atoms with E-state index in [0.29, 0.717) is 0 Å². The first-order valence-electron chi connectivity index (χ1n) is 9.04. The first kappa shape index (κ1) is 17.2. The van der Waals surface area contributed by atoms with Gasteiger partial charge in [-0.1, -0.05) is 12.1 Å². The number of hydrogen-bond donors (Lipinski definition) is 0.